The minimum Gasteiger partial charge on any atom is -0.341 e. The van der Waals surface area contributed by atoms with Crippen LogP contribution in [0, 0.1) is 5.92 Å². The van der Waals surface area contributed by atoms with Crippen molar-refractivity contribution in [1.82, 2.24) is 19.5 Å². The molecule has 0 N–H and O–H groups in total. The molecule has 0 spiro atoms. The Morgan fingerprint density at radius 3 is 2.86 bits per heavy atom. The Bertz CT molecular complexity index is 651. The van der Waals surface area contributed by atoms with Gasteiger partial charge in [0, 0.05) is 38.8 Å². The van der Waals surface area contributed by atoms with E-state index in [1.165, 1.54) is 0 Å². The summed E-state index contributed by atoms with van der Waals surface area (Å²) in [6.07, 6.45) is 3.58. The summed E-state index contributed by atoms with van der Waals surface area (Å²) in [6.45, 7) is 7.47. The predicted molar refractivity (Wildman–Crippen MR) is 85.9 cm³/mol. The van der Waals surface area contributed by atoms with Crippen molar-refractivity contribution in [3.05, 3.63) is 24.4 Å². The first-order valence-corrected chi connectivity index (χ1v) is 7.97. The van der Waals surface area contributed by atoms with Gasteiger partial charge in [-0.3, -0.25) is 9.20 Å². The maximum atomic E-state index is 12.2. The van der Waals surface area contributed by atoms with E-state index in [1.807, 2.05) is 33.7 Å². The highest BCUT2D eigenvalue weighted by atomic mass is 16.2. The maximum Gasteiger partial charge on any atom is 0.231 e. The van der Waals surface area contributed by atoms with Gasteiger partial charge in [-0.15, -0.1) is 10.2 Å². The van der Waals surface area contributed by atoms with Crippen LogP contribution in [-0.2, 0) is 4.79 Å². The fraction of sp³-hybridized carbons (Fsp3) is 0.562. The fourth-order valence-corrected chi connectivity index (χ4v) is 2.89. The van der Waals surface area contributed by atoms with Crippen molar-refractivity contribution >= 4 is 17.5 Å². The van der Waals surface area contributed by atoms with E-state index < -0.39 is 0 Å². The highest BCUT2D eigenvalue weighted by Crippen LogP contribution is 2.16. The van der Waals surface area contributed by atoms with E-state index in [0.29, 0.717) is 12.3 Å². The van der Waals surface area contributed by atoms with E-state index in [0.717, 1.165) is 44.2 Å². The van der Waals surface area contributed by atoms with Crippen molar-refractivity contribution in [1.29, 1.82) is 0 Å². The van der Waals surface area contributed by atoms with Gasteiger partial charge in [-0.25, -0.2) is 0 Å². The molecule has 0 atom stereocenters. The number of carbonyl (C=O) groups is 1. The first-order chi connectivity index (χ1) is 10.6. The number of rotatable bonds is 3. The number of carbonyl (C=O) groups excluding carboxylic acids is 1. The maximum absolute atomic E-state index is 12.2. The molecule has 0 aromatic carbocycles. The number of fused-ring (bicyclic) bond motifs is 1. The van der Waals surface area contributed by atoms with Crippen molar-refractivity contribution in [2.24, 2.45) is 5.92 Å². The van der Waals surface area contributed by atoms with Crippen LogP contribution in [0.25, 0.3) is 5.65 Å². The van der Waals surface area contributed by atoms with Crippen LogP contribution in [0.2, 0.25) is 0 Å². The number of pyridine rings is 1. The largest absolute Gasteiger partial charge is 0.341 e. The second kappa shape index (κ2) is 6.34. The van der Waals surface area contributed by atoms with E-state index in [2.05, 4.69) is 28.9 Å². The van der Waals surface area contributed by atoms with Gasteiger partial charge in [-0.1, -0.05) is 19.9 Å². The number of anilines is 1. The molecule has 1 aliphatic rings. The van der Waals surface area contributed by atoms with Crippen molar-refractivity contribution in [3.8, 4) is 0 Å². The van der Waals surface area contributed by atoms with Crippen LogP contribution in [-0.4, -0.2) is 51.6 Å². The Labute approximate surface area is 130 Å². The van der Waals surface area contributed by atoms with Crippen molar-refractivity contribution < 1.29 is 4.79 Å². The van der Waals surface area contributed by atoms with Crippen LogP contribution in [0.15, 0.2) is 24.4 Å². The van der Waals surface area contributed by atoms with Gasteiger partial charge in [-0.2, -0.15) is 0 Å². The molecule has 0 aliphatic carbocycles. The molecular weight excluding hydrogens is 278 g/mol. The zero-order chi connectivity index (χ0) is 15.5. The van der Waals surface area contributed by atoms with Crippen molar-refractivity contribution in [2.75, 3.05) is 31.1 Å². The number of amides is 1. The van der Waals surface area contributed by atoms with Crippen LogP contribution < -0.4 is 4.90 Å². The molecule has 1 fully saturated rings. The summed E-state index contributed by atoms with van der Waals surface area (Å²) in [4.78, 5) is 16.5. The van der Waals surface area contributed by atoms with Gasteiger partial charge in [0.05, 0.1) is 0 Å². The lowest BCUT2D eigenvalue weighted by Gasteiger charge is -2.22. The Balaban J connectivity index is 1.71. The molecular formula is C16H23N5O. The Morgan fingerprint density at radius 2 is 2.05 bits per heavy atom. The van der Waals surface area contributed by atoms with Gasteiger partial charge < -0.3 is 9.80 Å². The summed E-state index contributed by atoms with van der Waals surface area (Å²) in [7, 11) is 0. The third-order valence-corrected chi connectivity index (χ3v) is 4.01. The summed E-state index contributed by atoms with van der Waals surface area (Å²) in [6, 6.07) is 5.89. The Kier molecular flexibility index (Phi) is 4.27. The molecule has 6 heteroatoms. The molecule has 2 aromatic heterocycles. The molecule has 3 heterocycles. The molecule has 3 rings (SSSR count). The van der Waals surface area contributed by atoms with E-state index in [9.17, 15) is 4.79 Å². The molecule has 0 saturated carbocycles. The van der Waals surface area contributed by atoms with Gasteiger partial charge in [-0.05, 0) is 24.5 Å². The van der Waals surface area contributed by atoms with Gasteiger partial charge >= 0.3 is 0 Å². The average molecular weight is 301 g/mol. The second-order valence-electron chi connectivity index (χ2n) is 6.25. The van der Waals surface area contributed by atoms with E-state index in [4.69, 9.17) is 0 Å². The smallest absolute Gasteiger partial charge is 0.231 e. The zero-order valence-electron chi connectivity index (χ0n) is 13.3. The third kappa shape index (κ3) is 3.05. The van der Waals surface area contributed by atoms with Crippen LogP contribution in [0.1, 0.15) is 26.7 Å². The first kappa shape index (κ1) is 14.8. The van der Waals surface area contributed by atoms with E-state index in [-0.39, 0.29) is 5.91 Å². The number of aromatic nitrogens is 3. The highest BCUT2D eigenvalue weighted by molar-refractivity contribution is 5.76. The minimum absolute atomic E-state index is 0.267. The minimum atomic E-state index is 0.267. The van der Waals surface area contributed by atoms with E-state index >= 15 is 0 Å². The number of hydrogen-bond acceptors (Lipinski definition) is 4. The van der Waals surface area contributed by atoms with E-state index in [1.54, 1.807) is 0 Å². The zero-order valence-corrected chi connectivity index (χ0v) is 13.3. The number of hydrogen-bond donors (Lipinski definition) is 0. The van der Waals surface area contributed by atoms with Crippen LogP contribution in [0.3, 0.4) is 0 Å². The predicted octanol–water partition coefficient (Wildman–Crippen LogP) is 1.81. The topological polar surface area (TPSA) is 53.7 Å². The monoisotopic (exact) mass is 301 g/mol. The third-order valence-electron chi connectivity index (χ3n) is 4.01. The molecule has 1 amide bonds. The summed E-state index contributed by atoms with van der Waals surface area (Å²) in [5.41, 5.74) is 0.856. The normalized spacial score (nSPS) is 16.3. The molecule has 1 saturated heterocycles. The standard InChI is InChI=1S/C16H23N5O/c1-13(2)12-15(22)19-7-5-8-20(11-10-19)16-18-17-14-6-3-4-9-21(14)16/h3-4,6,9,13H,5,7-8,10-12H2,1-2H3. The van der Waals surface area contributed by atoms with Crippen LogP contribution in [0.4, 0.5) is 5.95 Å². The highest BCUT2D eigenvalue weighted by Gasteiger charge is 2.22. The molecule has 118 valence electrons. The molecule has 2 aromatic rings. The first-order valence-electron chi connectivity index (χ1n) is 7.97. The average Bonchev–Trinajstić information content (AvgIpc) is 2.76. The Morgan fingerprint density at radius 1 is 1.18 bits per heavy atom. The van der Waals surface area contributed by atoms with Crippen molar-refractivity contribution in [2.45, 2.75) is 26.7 Å². The summed E-state index contributed by atoms with van der Waals surface area (Å²) >= 11 is 0. The molecule has 22 heavy (non-hydrogen) atoms. The lowest BCUT2D eigenvalue weighted by molar-refractivity contribution is -0.131. The lowest BCUT2D eigenvalue weighted by Crippen LogP contribution is -2.36. The summed E-state index contributed by atoms with van der Waals surface area (Å²) < 4.78 is 2.01. The van der Waals surface area contributed by atoms with Crippen molar-refractivity contribution in [3.63, 3.8) is 0 Å². The summed E-state index contributed by atoms with van der Waals surface area (Å²) in [5, 5.41) is 8.52. The fourth-order valence-electron chi connectivity index (χ4n) is 2.89. The van der Waals surface area contributed by atoms with Gasteiger partial charge in [0.25, 0.3) is 0 Å². The SMILES string of the molecule is CC(C)CC(=O)N1CCCN(c2nnc3ccccn23)CC1. The Hall–Kier alpha value is -2.11. The molecule has 0 unspecified atom stereocenters. The van der Waals surface area contributed by atoms with Gasteiger partial charge in [0.2, 0.25) is 11.9 Å². The summed E-state index contributed by atoms with van der Waals surface area (Å²) in [5.74, 6) is 1.55. The lowest BCUT2D eigenvalue weighted by atomic mass is 10.1. The van der Waals surface area contributed by atoms with Gasteiger partial charge in [0.15, 0.2) is 5.65 Å². The second-order valence-corrected chi connectivity index (χ2v) is 6.25. The van der Waals surface area contributed by atoms with Gasteiger partial charge in [0.1, 0.15) is 0 Å². The quantitative estimate of drug-likeness (QED) is 0.867. The van der Waals surface area contributed by atoms with Crippen LogP contribution in [0.5, 0.6) is 0 Å². The molecule has 0 radical (unpaired) electrons. The molecule has 0 bridgehead atoms. The molecule has 1 aliphatic heterocycles. The molecule has 6 nitrogen and oxygen atoms in total. The number of nitrogens with zero attached hydrogens (tertiary/aromatic N) is 5. The van der Waals surface area contributed by atoms with Crippen LogP contribution >= 0.6 is 0 Å².